The molecular formula is C15H21N3O. The second kappa shape index (κ2) is 5.05. The average Bonchev–Trinajstić information content (AvgIpc) is 2.64. The van der Waals surface area contributed by atoms with Gasteiger partial charge in [0.2, 0.25) is 0 Å². The number of aryl methyl sites for hydroxylation is 3. The smallest absolute Gasteiger partial charge is 0.129 e. The fourth-order valence-electron chi connectivity index (χ4n) is 2.58. The predicted molar refractivity (Wildman–Crippen MR) is 77.3 cm³/mol. The minimum absolute atomic E-state index is 0.424. The van der Waals surface area contributed by atoms with Gasteiger partial charge in [-0.25, -0.2) is 0 Å². The molecule has 0 atom stereocenters. The molecule has 0 spiro atoms. The van der Waals surface area contributed by atoms with Crippen LogP contribution in [-0.2, 0) is 13.6 Å². The molecule has 0 radical (unpaired) electrons. The van der Waals surface area contributed by atoms with Gasteiger partial charge in [-0.15, -0.1) is 0 Å². The van der Waals surface area contributed by atoms with Crippen LogP contribution in [0.4, 0.5) is 0 Å². The number of ether oxygens (including phenoxy) is 1. The Morgan fingerprint density at radius 1 is 1.26 bits per heavy atom. The normalized spacial score (nSPS) is 10.8. The molecule has 4 nitrogen and oxygen atoms in total. The number of methoxy groups -OCH3 is 1. The van der Waals surface area contributed by atoms with Gasteiger partial charge in [-0.1, -0.05) is 6.07 Å². The van der Waals surface area contributed by atoms with E-state index in [1.54, 1.807) is 7.11 Å². The standard InChI is InChI=1S/C15H21N3O/c1-9-6-10(2)15(19-5)12(7-9)14-11(3)18(4)17-13(14)8-16/h6-7H,8,16H2,1-5H3. The fourth-order valence-corrected chi connectivity index (χ4v) is 2.58. The van der Waals surface area contributed by atoms with Crippen LogP contribution in [0.15, 0.2) is 12.1 Å². The Kier molecular flexibility index (Phi) is 3.62. The first-order valence-corrected chi connectivity index (χ1v) is 6.37. The third kappa shape index (κ3) is 2.24. The van der Waals surface area contributed by atoms with E-state index in [1.165, 1.54) is 5.56 Å². The summed E-state index contributed by atoms with van der Waals surface area (Å²) < 4.78 is 7.44. The van der Waals surface area contributed by atoms with Gasteiger partial charge >= 0.3 is 0 Å². The van der Waals surface area contributed by atoms with Gasteiger partial charge in [0.1, 0.15) is 5.75 Å². The van der Waals surface area contributed by atoms with Crippen LogP contribution in [0.3, 0.4) is 0 Å². The largest absolute Gasteiger partial charge is 0.496 e. The van der Waals surface area contributed by atoms with E-state index >= 15 is 0 Å². The number of aromatic nitrogens is 2. The van der Waals surface area contributed by atoms with E-state index in [9.17, 15) is 0 Å². The average molecular weight is 259 g/mol. The van der Waals surface area contributed by atoms with Gasteiger partial charge in [0.15, 0.2) is 0 Å². The van der Waals surface area contributed by atoms with Crippen molar-refractivity contribution >= 4 is 0 Å². The van der Waals surface area contributed by atoms with Crippen molar-refractivity contribution < 1.29 is 4.74 Å². The van der Waals surface area contributed by atoms with Gasteiger partial charge in [0.25, 0.3) is 0 Å². The van der Waals surface area contributed by atoms with Crippen LogP contribution in [-0.4, -0.2) is 16.9 Å². The van der Waals surface area contributed by atoms with E-state index < -0.39 is 0 Å². The van der Waals surface area contributed by atoms with Crippen LogP contribution in [0, 0.1) is 20.8 Å². The highest BCUT2D eigenvalue weighted by atomic mass is 16.5. The lowest BCUT2D eigenvalue weighted by atomic mass is 9.97. The molecule has 0 bridgehead atoms. The molecule has 102 valence electrons. The van der Waals surface area contributed by atoms with Crippen molar-refractivity contribution in [3.63, 3.8) is 0 Å². The van der Waals surface area contributed by atoms with Crippen LogP contribution >= 0.6 is 0 Å². The van der Waals surface area contributed by atoms with Crippen molar-refractivity contribution in [3.8, 4) is 16.9 Å². The number of rotatable bonds is 3. The minimum Gasteiger partial charge on any atom is -0.496 e. The molecule has 1 heterocycles. The highest BCUT2D eigenvalue weighted by Crippen LogP contribution is 2.37. The van der Waals surface area contributed by atoms with Crippen LogP contribution in [0.5, 0.6) is 5.75 Å². The molecule has 1 aromatic heterocycles. The summed E-state index contributed by atoms with van der Waals surface area (Å²) in [5.74, 6) is 0.899. The van der Waals surface area contributed by atoms with Gasteiger partial charge in [0, 0.05) is 30.4 Å². The zero-order valence-corrected chi connectivity index (χ0v) is 12.2. The predicted octanol–water partition coefficient (Wildman–Crippen LogP) is 2.48. The van der Waals surface area contributed by atoms with E-state index in [-0.39, 0.29) is 0 Å². The first-order valence-electron chi connectivity index (χ1n) is 6.37. The quantitative estimate of drug-likeness (QED) is 0.921. The third-order valence-corrected chi connectivity index (χ3v) is 3.49. The number of nitrogens with two attached hydrogens (primary N) is 1. The van der Waals surface area contributed by atoms with Gasteiger partial charge in [-0.3, -0.25) is 4.68 Å². The zero-order valence-electron chi connectivity index (χ0n) is 12.2. The summed E-state index contributed by atoms with van der Waals surface area (Å²) in [5.41, 5.74) is 12.3. The second-order valence-corrected chi connectivity index (χ2v) is 4.90. The maximum atomic E-state index is 5.82. The highest BCUT2D eigenvalue weighted by molar-refractivity contribution is 5.76. The molecule has 0 amide bonds. The van der Waals surface area contributed by atoms with E-state index in [4.69, 9.17) is 10.5 Å². The topological polar surface area (TPSA) is 53.1 Å². The third-order valence-electron chi connectivity index (χ3n) is 3.49. The van der Waals surface area contributed by atoms with Crippen molar-refractivity contribution in [2.45, 2.75) is 27.3 Å². The van der Waals surface area contributed by atoms with Crippen molar-refractivity contribution in [1.82, 2.24) is 9.78 Å². The molecule has 2 N–H and O–H groups in total. The van der Waals surface area contributed by atoms with Gasteiger partial charge in [-0.05, 0) is 38.0 Å². The summed E-state index contributed by atoms with van der Waals surface area (Å²) in [7, 11) is 3.64. The van der Waals surface area contributed by atoms with Crippen LogP contribution < -0.4 is 10.5 Å². The van der Waals surface area contributed by atoms with Gasteiger partial charge in [-0.2, -0.15) is 5.10 Å². The number of hydrogen-bond acceptors (Lipinski definition) is 3. The maximum Gasteiger partial charge on any atom is 0.129 e. The maximum absolute atomic E-state index is 5.82. The van der Waals surface area contributed by atoms with Crippen molar-refractivity contribution in [3.05, 3.63) is 34.6 Å². The number of benzene rings is 1. The zero-order chi connectivity index (χ0) is 14.2. The molecule has 1 aromatic carbocycles. The van der Waals surface area contributed by atoms with E-state index in [0.29, 0.717) is 6.54 Å². The Morgan fingerprint density at radius 3 is 2.53 bits per heavy atom. The van der Waals surface area contributed by atoms with Crippen molar-refractivity contribution in [1.29, 1.82) is 0 Å². The molecule has 0 aliphatic rings. The summed E-state index contributed by atoms with van der Waals surface area (Å²) >= 11 is 0. The van der Waals surface area contributed by atoms with Crippen LogP contribution in [0.1, 0.15) is 22.5 Å². The lowest BCUT2D eigenvalue weighted by Crippen LogP contribution is -2.01. The summed E-state index contributed by atoms with van der Waals surface area (Å²) in [6, 6.07) is 4.26. The van der Waals surface area contributed by atoms with Crippen LogP contribution in [0.2, 0.25) is 0 Å². The number of hydrogen-bond donors (Lipinski definition) is 1. The van der Waals surface area contributed by atoms with E-state index in [2.05, 4.69) is 38.0 Å². The Hall–Kier alpha value is -1.81. The molecule has 0 unspecified atom stereocenters. The van der Waals surface area contributed by atoms with Crippen molar-refractivity contribution in [2.24, 2.45) is 12.8 Å². The summed E-state index contributed by atoms with van der Waals surface area (Å²) in [4.78, 5) is 0. The molecule has 0 saturated carbocycles. The van der Waals surface area contributed by atoms with Gasteiger partial charge < -0.3 is 10.5 Å². The molecular weight excluding hydrogens is 238 g/mol. The Bertz CT molecular complexity index is 614. The lowest BCUT2D eigenvalue weighted by molar-refractivity contribution is 0.413. The molecule has 0 aliphatic heterocycles. The summed E-state index contributed by atoms with van der Waals surface area (Å²) in [6.45, 7) is 6.62. The van der Waals surface area contributed by atoms with Gasteiger partial charge in [0.05, 0.1) is 12.8 Å². The van der Waals surface area contributed by atoms with Crippen molar-refractivity contribution in [2.75, 3.05) is 7.11 Å². The summed E-state index contributed by atoms with van der Waals surface area (Å²) in [6.07, 6.45) is 0. The molecule has 4 heteroatoms. The molecule has 0 fully saturated rings. The van der Waals surface area contributed by atoms with Crippen LogP contribution in [0.25, 0.3) is 11.1 Å². The summed E-state index contributed by atoms with van der Waals surface area (Å²) in [5, 5.41) is 4.48. The molecule has 19 heavy (non-hydrogen) atoms. The second-order valence-electron chi connectivity index (χ2n) is 4.90. The lowest BCUT2D eigenvalue weighted by Gasteiger charge is -2.13. The Balaban J connectivity index is 2.78. The Morgan fingerprint density at radius 2 is 1.95 bits per heavy atom. The first-order chi connectivity index (χ1) is 8.99. The molecule has 0 saturated heterocycles. The molecule has 2 rings (SSSR count). The minimum atomic E-state index is 0.424. The van der Waals surface area contributed by atoms with E-state index in [0.717, 1.165) is 33.8 Å². The number of nitrogens with zero attached hydrogens (tertiary/aromatic N) is 2. The highest BCUT2D eigenvalue weighted by Gasteiger charge is 2.18. The van der Waals surface area contributed by atoms with E-state index in [1.807, 2.05) is 11.7 Å². The molecule has 0 aliphatic carbocycles. The molecule has 2 aromatic rings. The monoisotopic (exact) mass is 259 g/mol. The fraction of sp³-hybridized carbons (Fsp3) is 0.400. The SMILES string of the molecule is COc1c(C)cc(C)cc1-c1c(CN)nn(C)c1C. The Labute approximate surface area is 114 Å². The first kappa shape index (κ1) is 13.6.